The maximum atomic E-state index is 13.4. The van der Waals surface area contributed by atoms with Crippen molar-refractivity contribution in [2.24, 2.45) is 0 Å². The van der Waals surface area contributed by atoms with Gasteiger partial charge in [0, 0.05) is 0 Å². The molecule has 24 heavy (non-hydrogen) atoms. The van der Waals surface area contributed by atoms with Crippen molar-refractivity contribution in [3.63, 3.8) is 0 Å². The standard InChI is InChI=1S/C19H14FNOS2/c1-13(10-14-6-3-2-4-7-14)11-17-18(22)21(19(23)24-17)16-9-5-8-15(20)12-16/h2-12H,1H3. The number of carbonyl (C=O) groups is 1. The Hall–Kier alpha value is -2.24. The monoisotopic (exact) mass is 355 g/mol. The van der Waals surface area contributed by atoms with E-state index in [0.29, 0.717) is 14.9 Å². The highest BCUT2D eigenvalue weighted by atomic mass is 32.2. The highest BCUT2D eigenvalue weighted by Gasteiger charge is 2.33. The molecule has 2 aromatic carbocycles. The topological polar surface area (TPSA) is 20.3 Å². The first kappa shape index (κ1) is 16.6. The highest BCUT2D eigenvalue weighted by Crippen LogP contribution is 2.35. The van der Waals surface area contributed by atoms with Crippen LogP contribution in [-0.2, 0) is 4.79 Å². The quantitative estimate of drug-likeness (QED) is 0.559. The Morgan fingerprint density at radius 1 is 1.17 bits per heavy atom. The van der Waals surface area contributed by atoms with E-state index in [2.05, 4.69) is 0 Å². The summed E-state index contributed by atoms with van der Waals surface area (Å²) >= 11 is 6.51. The molecule has 1 saturated heterocycles. The summed E-state index contributed by atoms with van der Waals surface area (Å²) in [5, 5.41) is 0. The Bertz CT molecular complexity index is 859. The van der Waals surface area contributed by atoms with Crippen molar-refractivity contribution < 1.29 is 9.18 Å². The van der Waals surface area contributed by atoms with Crippen molar-refractivity contribution in [3.8, 4) is 0 Å². The summed E-state index contributed by atoms with van der Waals surface area (Å²) < 4.78 is 13.8. The minimum atomic E-state index is -0.398. The fourth-order valence-electron chi connectivity index (χ4n) is 2.37. The number of rotatable bonds is 3. The van der Waals surface area contributed by atoms with Crippen LogP contribution < -0.4 is 4.90 Å². The van der Waals surface area contributed by atoms with Crippen LogP contribution >= 0.6 is 24.0 Å². The first-order chi connectivity index (χ1) is 11.5. The van der Waals surface area contributed by atoms with Crippen LogP contribution in [0.2, 0.25) is 0 Å². The number of hydrogen-bond acceptors (Lipinski definition) is 3. The van der Waals surface area contributed by atoms with Gasteiger partial charge in [0.15, 0.2) is 4.32 Å². The van der Waals surface area contributed by atoms with Crippen LogP contribution in [0.3, 0.4) is 0 Å². The van der Waals surface area contributed by atoms with Crippen LogP contribution in [0.15, 0.2) is 71.2 Å². The zero-order valence-corrected chi connectivity index (χ0v) is 14.5. The predicted octanol–water partition coefficient (Wildman–Crippen LogP) is 5.18. The molecule has 1 heterocycles. The fraction of sp³-hybridized carbons (Fsp3) is 0.0526. The van der Waals surface area contributed by atoms with E-state index < -0.39 is 5.82 Å². The largest absolute Gasteiger partial charge is 0.270 e. The second-order valence-electron chi connectivity index (χ2n) is 5.30. The normalized spacial score (nSPS) is 17.0. The van der Waals surface area contributed by atoms with Gasteiger partial charge in [0.25, 0.3) is 5.91 Å². The van der Waals surface area contributed by atoms with E-state index >= 15 is 0 Å². The third kappa shape index (κ3) is 3.63. The van der Waals surface area contributed by atoms with Crippen molar-refractivity contribution >= 4 is 46.0 Å². The van der Waals surface area contributed by atoms with Gasteiger partial charge in [0.1, 0.15) is 5.82 Å². The SMILES string of the molecule is CC(=Cc1ccccc1)C=C1SC(=S)N(c2cccc(F)c2)C1=O. The molecular formula is C19H14FNOS2. The van der Waals surface area contributed by atoms with Gasteiger partial charge in [-0.3, -0.25) is 9.69 Å². The molecule has 1 fully saturated rings. The van der Waals surface area contributed by atoms with E-state index in [9.17, 15) is 9.18 Å². The van der Waals surface area contributed by atoms with Crippen LogP contribution in [0.4, 0.5) is 10.1 Å². The van der Waals surface area contributed by atoms with Gasteiger partial charge in [-0.15, -0.1) is 0 Å². The van der Waals surface area contributed by atoms with E-state index in [1.54, 1.807) is 12.1 Å². The second-order valence-corrected chi connectivity index (χ2v) is 6.97. The summed E-state index contributed by atoms with van der Waals surface area (Å²) in [7, 11) is 0. The average Bonchev–Trinajstić information content (AvgIpc) is 2.82. The number of amides is 1. The van der Waals surface area contributed by atoms with E-state index in [0.717, 1.165) is 11.1 Å². The van der Waals surface area contributed by atoms with E-state index in [4.69, 9.17) is 12.2 Å². The second kappa shape index (κ2) is 7.11. The highest BCUT2D eigenvalue weighted by molar-refractivity contribution is 8.27. The van der Waals surface area contributed by atoms with Crippen LogP contribution in [0, 0.1) is 5.82 Å². The van der Waals surface area contributed by atoms with Gasteiger partial charge < -0.3 is 0 Å². The fourth-order valence-corrected chi connectivity index (χ4v) is 3.71. The summed E-state index contributed by atoms with van der Waals surface area (Å²) in [6.45, 7) is 1.93. The number of benzene rings is 2. The molecule has 0 spiro atoms. The zero-order valence-electron chi connectivity index (χ0n) is 12.9. The molecule has 0 aromatic heterocycles. The molecule has 5 heteroatoms. The zero-order chi connectivity index (χ0) is 17.1. The molecule has 2 aromatic rings. The summed E-state index contributed by atoms with van der Waals surface area (Å²) in [4.78, 5) is 14.5. The minimum Gasteiger partial charge on any atom is -0.268 e. The number of anilines is 1. The van der Waals surface area contributed by atoms with Crippen molar-refractivity contribution in [1.82, 2.24) is 0 Å². The number of thiocarbonyl (C=S) groups is 1. The van der Waals surface area contributed by atoms with Gasteiger partial charge in [-0.2, -0.15) is 0 Å². The van der Waals surface area contributed by atoms with Crippen molar-refractivity contribution in [3.05, 3.63) is 82.5 Å². The third-order valence-corrected chi connectivity index (χ3v) is 4.71. The van der Waals surface area contributed by atoms with Crippen LogP contribution in [-0.4, -0.2) is 10.2 Å². The Morgan fingerprint density at radius 3 is 2.62 bits per heavy atom. The predicted molar refractivity (Wildman–Crippen MR) is 102 cm³/mol. The molecule has 0 atom stereocenters. The maximum Gasteiger partial charge on any atom is 0.270 e. The minimum absolute atomic E-state index is 0.226. The molecule has 0 bridgehead atoms. The van der Waals surface area contributed by atoms with E-state index in [-0.39, 0.29) is 5.91 Å². The number of allylic oxidation sites excluding steroid dienone is 2. The van der Waals surface area contributed by atoms with Crippen molar-refractivity contribution in [2.45, 2.75) is 6.92 Å². The molecule has 0 aliphatic carbocycles. The smallest absolute Gasteiger partial charge is 0.268 e. The Morgan fingerprint density at radius 2 is 1.92 bits per heavy atom. The van der Waals surface area contributed by atoms with E-state index in [1.165, 1.54) is 28.8 Å². The number of thioether (sulfide) groups is 1. The molecule has 2 nitrogen and oxygen atoms in total. The molecule has 0 saturated carbocycles. The first-order valence-corrected chi connectivity index (χ1v) is 8.54. The Labute approximate surface area is 149 Å². The first-order valence-electron chi connectivity index (χ1n) is 7.31. The maximum absolute atomic E-state index is 13.4. The number of hydrogen-bond donors (Lipinski definition) is 0. The van der Waals surface area contributed by atoms with Crippen molar-refractivity contribution in [1.29, 1.82) is 0 Å². The number of nitrogens with zero attached hydrogens (tertiary/aromatic N) is 1. The lowest BCUT2D eigenvalue weighted by atomic mass is 10.1. The molecule has 1 aliphatic heterocycles. The van der Waals surface area contributed by atoms with Crippen LogP contribution in [0.5, 0.6) is 0 Å². The Balaban J connectivity index is 1.87. The molecule has 1 aliphatic rings. The molecule has 0 unspecified atom stereocenters. The van der Waals surface area contributed by atoms with Gasteiger partial charge in [-0.25, -0.2) is 4.39 Å². The third-order valence-electron chi connectivity index (χ3n) is 3.41. The van der Waals surface area contributed by atoms with Gasteiger partial charge in [0.2, 0.25) is 0 Å². The van der Waals surface area contributed by atoms with Gasteiger partial charge >= 0.3 is 0 Å². The molecular weight excluding hydrogens is 341 g/mol. The lowest BCUT2D eigenvalue weighted by Gasteiger charge is -2.14. The van der Waals surface area contributed by atoms with Gasteiger partial charge in [-0.05, 0) is 42.3 Å². The summed E-state index contributed by atoms with van der Waals surface area (Å²) in [6, 6.07) is 15.7. The Kier molecular flexibility index (Phi) is 4.92. The number of halogens is 1. The molecule has 3 rings (SSSR count). The van der Waals surface area contributed by atoms with Crippen LogP contribution in [0.1, 0.15) is 12.5 Å². The van der Waals surface area contributed by atoms with Gasteiger partial charge in [0.05, 0.1) is 10.6 Å². The summed E-state index contributed by atoms with van der Waals surface area (Å²) in [5.41, 5.74) is 2.46. The van der Waals surface area contributed by atoms with Crippen molar-refractivity contribution in [2.75, 3.05) is 4.90 Å². The molecule has 0 N–H and O–H groups in total. The van der Waals surface area contributed by atoms with Crippen LogP contribution in [0.25, 0.3) is 6.08 Å². The lowest BCUT2D eigenvalue weighted by Crippen LogP contribution is -2.27. The molecule has 1 amide bonds. The average molecular weight is 355 g/mol. The summed E-state index contributed by atoms with van der Waals surface area (Å²) in [6.07, 6.45) is 3.81. The van der Waals surface area contributed by atoms with E-state index in [1.807, 2.05) is 49.4 Å². The lowest BCUT2D eigenvalue weighted by molar-refractivity contribution is -0.113. The molecule has 120 valence electrons. The molecule has 0 radical (unpaired) electrons. The number of carbonyl (C=O) groups excluding carboxylic acids is 1. The van der Waals surface area contributed by atoms with Gasteiger partial charge in [-0.1, -0.05) is 66.5 Å². The summed E-state index contributed by atoms with van der Waals surface area (Å²) in [5.74, 6) is -0.623.